The van der Waals surface area contributed by atoms with E-state index in [1.54, 1.807) is 0 Å². The van der Waals surface area contributed by atoms with Gasteiger partial charge in [-0.05, 0) is 34.5 Å². The highest BCUT2D eigenvalue weighted by atomic mass is 79.9. The molecule has 0 spiro atoms. The molecule has 0 aliphatic carbocycles. The third-order valence-corrected chi connectivity index (χ3v) is 5.12. The molecular formula is C21H13BrN6O3. The number of aromatic nitrogens is 4. The number of nitriles is 2. The van der Waals surface area contributed by atoms with E-state index in [-0.39, 0.29) is 34.7 Å². The van der Waals surface area contributed by atoms with E-state index in [1.165, 1.54) is 36.7 Å². The number of hydrogen-bond donors (Lipinski definition) is 2. The van der Waals surface area contributed by atoms with Gasteiger partial charge in [-0.25, -0.2) is 0 Å². The van der Waals surface area contributed by atoms with Gasteiger partial charge in [-0.15, -0.1) is 0 Å². The predicted molar refractivity (Wildman–Crippen MR) is 113 cm³/mol. The number of aryl methyl sites for hydroxylation is 1. The molecule has 0 aliphatic heterocycles. The van der Waals surface area contributed by atoms with Gasteiger partial charge in [0.2, 0.25) is 5.88 Å². The summed E-state index contributed by atoms with van der Waals surface area (Å²) in [5, 5.41) is 28.7. The zero-order valence-electron chi connectivity index (χ0n) is 16.0. The van der Waals surface area contributed by atoms with E-state index >= 15 is 0 Å². The van der Waals surface area contributed by atoms with Crippen molar-refractivity contribution in [2.45, 2.75) is 13.3 Å². The van der Waals surface area contributed by atoms with E-state index < -0.39 is 0 Å². The van der Waals surface area contributed by atoms with Crippen molar-refractivity contribution in [3.63, 3.8) is 0 Å². The monoisotopic (exact) mass is 476 g/mol. The zero-order chi connectivity index (χ0) is 22.0. The van der Waals surface area contributed by atoms with Gasteiger partial charge in [0, 0.05) is 24.0 Å². The van der Waals surface area contributed by atoms with Crippen LogP contribution in [0, 0.1) is 22.7 Å². The van der Waals surface area contributed by atoms with Crippen LogP contribution in [0.2, 0.25) is 0 Å². The van der Waals surface area contributed by atoms with Crippen LogP contribution in [0.1, 0.15) is 23.7 Å². The molecule has 31 heavy (non-hydrogen) atoms. The molecule has 4 rings (SSSR count). The lowest BCUT2D eigenvalue weighted by Crippen LogP contribution is -1.97. The van der Waals surface area contributed by atoms with E-state index in [4.69, 9.17) is 20.0 Å². The SMILES string of the molecule is CCc1[nH]c2nc(Oc3cncc(C#N)c3)nc(Oc3cc(O)cc(C#N)c3)c2c1Br. The summed E-state index contributed by atoms with van der Waals surface area (Å²) >= 11 is 3.55. The van der Waals surface area contributed by atoms with Gasteiger partial charge in [0.1, 0.15) is 23.2 Å². The molecular weight excluding hydrogens is 464 g/mol. The van der Waals surface area contributed by atoms with Crippen LogP contribution in [0.15, 0.2) is 41.1 Å². The van der Waals surface area contributed by atoms with Crippen molar-refractivity contribution in [1.82, 2.24) is 19.9 Å². The summed E-state index contributed by atoms with van der Waals surface area (Å²) < 4.78 is 12.4. The Balaban J connectivity index is 1.82. The summed E-state index contributed by atoms with van der Waals surface area (Å²) in [5.41, 5.74) is 1.91. The fraction of sp³-hybridized carbons (Fsp3) is 0.0952. The summed E-state index contributed by atoms with van der Waals surface area (Å²) in [7, 11) is 0. The van der Waals surface area contributed by atoms with Gasteiger partial charge < -0.3 is 19.6 Å². The maximum atomic E-state index is 9.87. The lowest BCUT2D eigenvalue weighted by molar-refractivity contribution is 0.413. The Kier molecular flexibility index (Phi) is 5.39. The Morgan fingerprint density at radius 2 is 1.81 bits per heavy atom. The second-order valence-corrected chi connectivity index (χ2v) is 7.15. The van der Waals surface area contributed by atoms with Crippen LogP contribution in [0.25, 0.3) is 11.0 Å². The first-order chi connectivity index (χ1) is 15.0. The van der Waals surface area contributed by atoms with Crippen molar-refractivity contribution < 1.29 is 14.6 Å². The van der Waals surface area contributed by atoms with E-state index in [9.17, 15) is 5.11 Å². The first kappa shape index (κ1) is 20.1. The molecule has 0 atom stereocenters. The summed E-state index contributed by atoms with van der Waals surface area (Å²) in [5.74, 6) is 0.552. The first-order valence-corrected chi connectivity index (χ1v) is 9.83. The first-order valence-electron chi connectivity index (χ1n) is 9.03. The number of benzene rings is 1. The van der Waals surface area contributed by atoms with Crippen LogP contribution in [0.4, 0.5) is 0 Å². The highest BCUT2D eigenvalue weighted by Crippen LogP contribution is 2.38. The zero-order valence-corrected chi connectivity index (χ0v) is 17.6. The number of phenols is 1. The smallest absolute Gasteiger partial charge is 0.327 e. The van der Waals surface area contributed by atoms with Crippen LogP contribution in [-0.4, -0.2) is 25.0 Å². The molecule has 0 radical (unpaired) electrons. The van der Waals surface area contributed by atoms with E-state index in [0.717, 1.165) is 10.2 Å². The predicted octanol–water partition coefficient (Wildman–Crippen LogP) is 4.71. The number of aromatic amines is 1. The van der Waals surface area contributed by atoms with E-state index in [0.29, 0.717) is 23.0 Å². The van der Waals surface area contributed by atoms with Gasteiger partial charge in [-0.3, -0.25) is 4.98 Å². The fourth-order valence-electron chi connectivity index (χ4n) is 2.88. The normalized spacial score (nSPS) is 10.5. The van der Waals surface area contributed by atoms with Crippen molar-refractivity contribution in [3.05, 3.63) is 58.0 Å². The number of nitrogens with one attached hydrogen (secondary N) is 1. The molecule has 9 nitrogen and oxygen atoms in total. The minimum atomic E-state index is -0.113. The van der Waals surface area contributed by atoms with E-state index in [1.807, 2.05) is 19.1 Å². The second kappa shape index (κ2) is 8.30. The second-order valence-electron chi connectivity index (χ2n) is 6.36. The number of ether oxygens (including phenoxy) is 2. The number of halogens is 1. The highest BCUT2D eigenvalue weighted by molar-refractivity contribution is 9.10. The molecule has 0 bridgehead atoms. The summed E-state index contributed by atoms with van der Waals surface area (Å²) in [4.78, 5) is 15.9. The average molecular weight is 477 g/mol. The van der Waals surface area contributed by atoms with Gasteiger partial charge >= 0.3 is 6.01 Å². The summed E-state index contributed by atoms with van der Waals surface area (Å²) in [6.07, 6.45) is 3.55. The molecule has 152 valence electrons. The summed E-state index contributed by atoms with van der Waals surface area (Å²) in [6, 6.07) is 9.62. The lowest BCUT2D eigenvalue weighted by atomic mass is 10.2. The van der Waals surface area contributed by atoms with Crippen LogP contribution < -0.4 is 9.47 Å². The molecule has 1 aromatic carbocycles. The molecule has 3 heterocycles. The Labute approximate surface area is 184 Å². The fourth-order valence-corrected chi connectivity index (χ4v) is 3.62. The van der Waals surface area contributed by atoms with Crippen LogP contribution >= 0.6 is 15.9 Å². The Hall–Kier alpha value is -4.15. The molecule has 0 saturated carbocycles. The largest absolute Gasteiger partial charge is 0.508 e. The van der Waals surface area contributed by atoms with Gasteiger partial charge in [-0.2, -0.15) is 20.5 Å². The Bertz CT molecular complexity index is 1390. The summed E-state index contributed by atoms with van der Waals surface area (Å²) in [6.45, 7) is 1.98. The number of nitrogens with zero attached hydrogens (tertiary/aromatic N) is 5. The molecule has 0 aliphatic rings. The van der Waals surface area contributed by atoms with Crippen LogP contribution in [0.3, 0.4) is 0 Å². The third-order valence-electron chi connectivity index (χ3n) is 4.25. The van der Waals surface area contributed by atoms with Crippen molar-refractivity contribution in [3.8, 4) is 41.3 Å². The molecule has 4 aromatic rings. The standard InChI is InChI=1S/C21H13BrN6O3/c1-2-16-18(22)17-19(26-16)27-21(31-15-5-12(8-24)9-25-10-15)28-20(17)30-14-4-11(7-23)3-13(29)6-14/h3-6,9-10,29H,2H2,1H3,(H,26,27,28). The van der Waals surface area contributed by atoms with Gasteiger partial charge in [0.25, 0.3) is 0 Å². The topological polar surface area (TPSA) is 141 Å². The molecule has 3 aromatic heterocycles. The van der Waals surface area contributed by atoms with Crippen LogP contribution in [0.5, 0.6) is 29.1 Å². The minimum Gasteiger partial charge on any atom is -0.508 e. The van der Waals surface area contributed by atoms with Crippen molar-refractivity contribution in [2.75, 3.05) is 0 Å². The molecule has 0 amide bonds. The maximum Gasteiger partial charge on any atom is 0.327 e. The maximum absolute atomic E-state index is 9.87. The molecule has 10 heteroatoms. The van der Waals surface area contributed by atoms with Crippen molar-refractivity contribution in [2.24, 2.45) is 0 Å². The number of fused-ring (bicyclic) bond motifs is 1. The molecule has 2 N–H and O–H groups in total. The van der Waals surface area contributed by atoms with Gasteiger partial charge in [0.15, 0.2) is 5.75 Å². The van der Waals surface area contributed by atoms with Gasteiger partial charge in [0.05, 0.1) is 33.3 Å². The Morgan fingerprint density at radius 1 is 1.03 bits per heavy atom. The third kappa shape index (κ3) is 4.10. The number of phenolic OH excluding ortho intramolecular Hbond substituents is 1. The molecule has 0 unspecified atom stereocenters. The van der Waals surface area contributed by atoms with Gasteiger partial charge in [-0.1, -0.05) is 6.92 Å². The quantitative estimate of drug-likeness (QED) is 0.421. The highest BCUT2D eigenvalue weighted by Gasteiger charge is 2.19. The molecule has 0 saturated heterocycles. The number of pyridine rings is 1. The lowest BCUT2D eigenvalue weighted by Gasteiger charge is -2.09. The number of H-pyrrole nitrogens is 1. The average Bonchev–Trinajstić information content (AvgIpc) is 3.09. The van der Waals surface area contributed by atoms with Crippen molar-refractivity contribution >= 4 is 27.0 Å². The molecule has 0 fully saturated rings. The van der Waals surface area contributed by atoms with E-state index in [2.05, 4.69) is 35.9 Å². The number of hydrogen-bond acceptors (Lipinski definition) is 8. The number of aromatic hydroxyl groups is 1. The van der Waals surface area contributed by atoms with Crippen molar-refractivity contribution in [1.29, 1.82) is 10.5 Å². The van der Waals surface area contributed by atoms with Crippen LogP contribution in [-0.2, 0) is 6.42 Å². The number of rotatable bonds is 5. The minimum absolute atomic E-state index is 0.0311. The Morgan fingerprint density at radius 3 is 2.55 bits per heavy atom.